The Kier molecular flexibility index (Phi) is 30.2. The lowest BCUT2D eigenvalue weighted by atomic mass is 10.3. The van der Waals surface area contributed by atoms with Crippen LogP contribution in [0, 0.1) is 0 Å². The summed E-state index contributed by atoms with van der Waals surface area (Å²) < 4.78 is 0. The summed E-state index contributed by atoms with van der Waals surface area (Å²) in [5.41, 5.74) is 0. The maximum absolute atomic E-state index is 8.63. The standard InChI is InChI=1S/C6H6O.C4H10.C3H8.C2H6/c7-6-4-2-1-3-5-6;1-3-4-2;1-3-2;1-2/h1-5,7H;3-4H2,1-2H3;3H2,1-2H3;1-2H3. The van der Waals surface area contributed by atoms with Gasteiger partial charge in [0.2, 0.25) is 0 Å². The van der Waals surface area contributed by atoms with Gasteiger partial charge >= 0.3 is 0 Å². The van der Waals surface area contributed by atoms with Crippen molar-refractivity contribution in [1.29, 1.82) is 0 Å². The number of unbranched alkanes of at least 4 members (excludes halogenated alkanes) is 1. The summed E-state index contributed by atoms with van der Waals surface area (Å²) in [4.78, 5) is 0. The molecule has 1 nitrogen and oxygen atoms in total. The van der Waals surface area contributed by atoms with Crippen molar-refractivity contribution in [3.63, 3.8) is 0 Å². The van der Waals surface area contributed by atoms with E-state index in [1.165, 1.54) is 19.3 Å². The van der Waals surface area contributed by atoms with E-state index in [1.807, 2.05) is 19.9 Å². The van der Waals surface area contributed by atoms with Gasteiger partial charge in [0.05, 0.1) is 0 Å². The van der Waals surface area contributed by atoms with Crippen molar-refractivity contribution >= 4 is 0 Å². The fourth-order valence-corrected chi connectivity index (χ4v) is 0.428. The molecule has 16 heavy (non-hydrogen) atoms. The van der Waals surface area contributed by atoms with Gasteiger partial charge in [0, 0.05) is 0 Å². The lowest BCUT2D eigenvalue weighted by Gasteiger charge is -1.82. The molecule has 1 aromatic carbocycles. The van der Waals surface area contributed by atoms with Crippen LogP contribution in [-0.4, -0.2) is 5.11 Å². The summed E-state index contributed by atoms with van der Waals surface area (Å²) in [6, 6.07) is 8.71. The van der Waals surface area contributed by atoms with Crippen molar-refractivity contribution in [3.8, 4) is 5.75 Å². The Morgan fingerprint density at radius 1 is 0.812 bits per heavy atom. The second-order valence-corrected chi connectivity index (χ2v) is 3.04. The molecule has 0 aromatic heterocycles. The zero-order chi connectivity index (χ0) is 13.2. The molecule has 0 amide bonds. The number of phenolic OH excluding ortho intramolecular Hbond substituents is 1. The number of aromatic hydroxyl groups is 1. The van der Waals surface area contributed by atoms with E-state index in [0.29, 0.717) is 5.75 Å². The van der Waals surface area contributed by atoms with E-state index < -0.39 is 0 Å². The first-order valence-electron chi connectivity index (χ1n) is 6.46. The minimum Gasteiger partial charge on any atom is -0.508 e. The van der Waals surface area contributed by atoms with Crippen LogP contribution in [0.15, 0.2) is 30.3 Å². The van der Waals surface area contributed by atoms with Crippen LogP contribution in [-0.2, 0) is 0 Å². The Labute approximate surface area is 103 Å². The third kappa shape index (κ3) is 29.2. The summed E-state index contributed by atoms with van der Waals surface area (Å²) in [5.74, 6) is 0.322. The molecule has 1 aromatic rings. The molecule has 0 aliphatic rings. The molecule has 0 aliphatic carbocycles. The van der Waals surface area contributed by atoms with E-state index in [4.69, 9.17) is 5.11 Å². The average Bonchev–Trinajstić information content (AvgIpc) is 2.34. The molecular formula is C15H30O. The second-order valence-electron chi connectivity index (χ2n) is 3.04. The zero-order valence-corrected chi connectivity index (χ0v) is 12.0. The van der Waals surface area contributed by atoms with E-state index in [2.05, 4.69) is 27.7 Å². The number of phenols is 1. The quantitative estimate of drug-likeness (QED) is 0.657. The lowest BCUT2D eigenvalue weighted by Crippen LogP contribution is -1.56. The molecule has 0 unspecified atom stereocenters. The summed E-state index contributed by atoms with van der Waals surface area (Å²) >= 11 is 0. The van der Waals surface area contributed by atoms with E-state index in [1.54, 1.807) is 24.3 Å². The fraction of sp³-hybridized carbons (Fsp3) is 0.600. The maximum atomic E-state index is 8.63. The number of hydrogen-bond acceptors (Lipinski definition) is 1. The van der Waals surface area contributed by atoms with Gasteiger partial charge in [-0.2, -0.15) is 0 Å². The molecule has 0 heterocycles. The maximum Gasteiger partial charge on any atom is 0.115 e. The van der Waals surface area contributed by atoms with E-state index in [0.717, 1.165) is 0 Å². The van der Waals surface area contributed by atoms with Crippen LogP contribution < -0.4 is 0 Å². The van der Waals surface area contributed by atoms with Gasteiger partial charge in [-0.1, -0.05) is 79.0 Å². The Hall–Kier alpha value is -0.980. The van der Waals surface area contributed by atoms with Gasteiger partial charge < -0.3 is 5.11 Å². The van der Waals surface area contributed by atoms with Gasteiger partial charge in [-0.25, -0.2) is 0 Å². The zero-order valence-electron chi connectivity index (χ0n) is 12.0. The van der Waals surface area contributed by atoms with Gasteiger partial charge in [0.15, 0.2) is 0 Å². The molecule has 1 N–H and O–H groups in total. The summed E-state index contributed by atoms with van der Waals surface area (Å²) in [6.45, 7) is 12.6. The Morgan fingerprint density at radius 2 is 1.12 bits per heavy atom. The molecule has 0 bridgehead atoms. The first kappa shape index (κ1) is 20.4. The summed E-state index contributed by atoms with van der Waals surface area (Å²) in [5, 5.41) is 8.63. The summed E-state index contributed by atoms with van der Waals surface area (Å²) in [7, 11) is 0. The number of para-hydroxylation sites is 1. The molecular weight excluding hydrogens is 196 g/mol. The molecule has 1 heteroatoms. The van der Waals surface area contributed by atoms with Gasteiger partial charge in [-0.3, -0.25) is 0 Å². The highest BCUT2D eigenvalue weighted by molar-refractivity contribution is 5.18. The van der Waals surface area contributed by atoms with Gasteiger partial charge in [-0.15, -0.1) is 0 Å². The number of benzene rings is 1. The molecule has 0 atom stereocenters. The van der Waals surface area contributed by atoms with Crippen molar-refractivity contribution < 1.29 is 5.11 Å². The van der Waals surface area contributed by atoms with Crippen molar-refractivity contribution in [2.45, 2.75) is 60.8 Å². The molecule has 0 aliphatic heterocycles. The SMILES string of the molecule is CC.CCC.CCCC.Oc1ccccc1. The number of hydrogen-bond donors (Lipinski definition) is 1. The average molecular weight is 226 g/mol. The first-order chi connectivity index (χ1) is 7.72. The largest absolute Gasteiger partial charge is 0.508 e. The molecule has 0 spiro atoms. The third-order valence-corrected chi connectivity index (χ3v) is 1.26. The highest BCUT2D eigenvalue weighted by Gasteiger charge is 1.74. The monoisotopic (exact) mass is 226 g/mol. The predicted molar refractivity (Wildman–Crippen MR) is 76.0 cm³/mol. The van der Waals surface area contributed by atoms with Gasteiger partial charge in [0.25, 0.3) is 0 Å². The second kappa shape index (κ2) is 23.7. The third-order valence-electron chi connectivity index (χ3n) is 1.26. The van der Waals surface area contributed by atoms with Crippen LogP contribution in [0.25, 0.3) is 0 Å². The van der Waals surface area contributed by atoms with E-state index >= 15 is 0 Å². The summed E-state index contributed by atoms with van der Waals surface area (Å²) in [6.07, 6.45) is 3.89. The van der Waals surface area contributed by atoms with Crippen molar-refractivity contribution in [1.82, 2.24) is 0 Å². The van der Waals surface area contributed by atoms with Crippen LogP contribution >= 0.6 is 0 Å². The van der Waals surface area contributed by atoms with Gasteiger partial charge in [0.1, 0.15) is 5.75 Å². The van der Waals surface area contributed by atoms with E-state index in [-0.39, 0.29) is 0 Å². The van der Waals surface area contributed by atoms with Crippen LogP contribution in [0.5, 0.6) is 5.75 Å². The Bertz CT molecular complexity index is 168. The highest BCUT2D eigenvalue weighted by Crippen LogP contribution is 2.02. The fourth-order valence-electron chi connectivity index (χ4n) is 0.428. The lowest BCUT2D eigenvalue weighted by molar-refractivity contribution is 0.475. The first-order valence-corrected chi connectivity index (χ1v) is 6.46. The molecule has 0 radical (unpaired) electrons. The smallest absolute Gasteiger partial charge is 0.115 e. The van der Waals surface area contributed by atoms with Crippen LogP contribution in [0.2, 0.25) is 0 Å². The highest BCUT2D eigenvalue weighted by atomic mass is 16.3. The van der Waals surface area contributed by atoms with Crippen molar-refractivity contribution in [2.24, 2.45) is 0 Å². The Morgan fingerprint density at radius 3 is 1.25 bits per heavy atom. The minimum atomic E-state index is 0.322. The molecule has 0 saturated carbocycles. The molecule has 1 rings (SSSR count). The van der Waals surface area contributed by atoms with Crippen LogP contribution in [0.3, 0.4) is 0 Å². The topological polar surface area (TPSA) is 20.2 Å². The minimum absolute atomic E-state index is 0.322. The van der Waals surface area contributed by atoms with Crippen molar-refractivity contribution in [2.75, 3.05) is 0 Å². The molecule has 0 saturated heterocycles. The van der Waals surface area contributed by atoms with E-state index in [9.17, 15) is 0 Å². The van der Waals surface area contributed by atoms with Crippen LogP contribution in [0.1, 0.15) is 60.8 Å². The molecule has 96 valence electrons. The van der Waals surface area contributed by atoms with Gasteiger partial charge in [-0.05, 0) is 12.1 Å². The number of rotatable bonds is 1. The predicted octanol–water partition coefficient (Wildman–Crippen LogP) is 5.64. The normalized spacial score (nSPS) is 7.12. The van der Waals surface area contributed by atoms with Crippen molar-refractivity contribution in [3.05, 3.63) is 30.3 Å². The van der Waals surface area contributed by atoms with Crippen LogP contribution in [0.4, 0.5) is 0 Å². The molecule has 0 fully saturated rings. The Balaban J connectivity index is -0.000000163.